The van der Waals surface area contributed by atoms with Crippen LogP contribution in [0.15, 0.2) is 54.9 Å². The Morgan fingerprint density at radius 1 is 1.32 bits per heavy atom. The molecule has 5 nitrogen and oxygen atoms in total. The van der Waals surface area contributed by atoms with E-state index < -0.39 is 0 Å². The highest BCUT2D eigenvalue weighted by atomic mass is 16.5. The second kappa shape index (κ2) is 8.44. The monoisotopic (exact) mass is 338 g/mol. The van der Waals surface area contributed by atoms with Gasteiger partial charge in [0.15, 0.2) is 0 Å². The molecule has 1 fully saturated rings. The molecule has 0 radical (unpaired) electrons. The van der Waals surface area contributed by atoms with E-state index in [2.05, 4.69) is 4.98 Å². The fourth-order valence-electron chi connectivity index (χ4n) is 2.90. The molecule has 130 valence electrons. The minimum absolute atomic E-state index is 0.0303. The number of carbonyl (C=O) groups is 1. The molecular weight excluding hydrogens is 316 g/mol. The molecule has 1 aromatic carbocycles. The topological polar surface area (TPSA) is 62.7 Å². The number of aliphatic hydroxyl groups excluding tert-OH is 1. The van der Waals surface area contributed by atoms with Crippen LogP contribution in [-0.4, -0.2) is 40.1 Å². The number of benzene rings is 1. The molecule has 0 spiro atoms. The minimum Gasteiger partial charge on any atom is -0.489 e. The Hall–Kier alpha value is -2.66. The van der Waals surface area contributed by atoms with Crippen LogP contribution in [0.3, 0.4) is 0 Å². The van der Waals surface area contributed by atoms with Crippen LogP contribution in [0.25, 0.3) is 6.08 Å². The summed E-state index contributed by atoms with van der Waals surface area (Å²) < 4.78 is 5.72. The van der Waals surface area contributed by atoms with Crippen LogP contribution in [0.4, 0.5) is 0 Å². The number of hydrogen-bond acceptors (Lipinski definition) is 4. The van der Waals surface area contributed by atoms with Crippen LogP contribution in [0.2, 0.25) is 0 Å². The number of likely N-dealkylation sites (tertiary alicyclic amines) is 1. The van der Waals surface area contributed by atoms with Crippen molar-refractivity contribution in [2.75, 3.05) is 13.2 Å². The number of hydrogen-bond donors (Lipinski definition) is 1. The van der Waals surface area contributed by atoms with E-state index in [4.69, 9.17) is 4.74 Å². The van der Waals surface area contributed by atoms with Crippen molar-refractivity contribution >= 4 is 12.0 Å². The average Bonchev–Trinajstić information content (AvgIpc) is 3.15. The molecule has 1 saturated heterocycles. The van der Waals surface area contributed by atoms with Gasteiger partial charge in [-0.15, -0.1) is 0 Å². The molecule has 0 unspecified atom stereocenters. The predicted octanol–water partition coefficient (Wildman–Crippen LogP) is 2.66. The summed E-state index contributed by atoms with van der Waals surface area (Å²) in [6, 6.07) is 11.4. The first-order valence-corrected chi connectivity index (χ1v) is 8.47. The zero-order valence-electron chi connectivity index (χ0n) is 14.0. The Morgan fingerprint density at radius 2 is 2.16 bits per heavy atom. The van der Waals surface area contributed by atoms with Gasteiger partial charge >= 0.3 is 0 Å². The molecule has 1 N–H and O–H groups in total. The van der Waals surface area contributed by atoms with Gasteiger partial charge in [0.05, 0.1) is 12.6 Å². The molecule has 1 amide bonds. The van der Waals surface area contributed by atoms with E-state index in [-0.39, 0.29) is 18.6 Å². The van der Waals surface area contributed by atoms with Crippen LogP contribution >= 0.6 is 0 Å². The van der Waals surface area contributed by atoms with E-state index in [0.29, 0.717) is 6.61 Å². The number of aliphatic hydroxyl groups is 1. The highest BCUT2D eigenvalue weighted by molar-refractivity contribution is 5.92. The summed E-state index contributed by atoms with van der Waals surface area (Å²) in [7, 11) is 0. The van der Waals surface area contributed by atoms with Crippen molar-refractivity contribution in [3.8, 4) is 5.75 Å². The van der Waals surface area contributed by atoms with Crippen LogP contribution < -0.4 is 4.74 Å². The van der Waals surface area contributed by atoms with Crippen LogP contribution in [0.5, 0.6) is 5.75 Å². The Bertz CT molecular complexity index is 713. The SMILES string of the molecule is O=C(/C=C/c1ccc(OCc2cccnc2)cc1)N1CCC[C@@H]1CO. The third kappa shape index (κ3) is 4.67. The number of carbonyl (C=O) groups excluding carboxylic acids is 1. The molecule has 2 heterocycles. The number of nitrogens with zero attached hydrogens (tertiary/aromatic N) is 2. The second-order valence-electron chi connectivity index (χ2n) is 6.06. The molecule has 1 aliphatic rings. The first kappa shape index (κ1) is 17.2. The maximum absolute atomic E-state index is 12.2. The smallest absolute Gasteiger partial charge is 0.246 e. The highest BCUT2D eigenvalue weighted by Gasteiger charge is 2.26. The minimum atomic E-state index is -0.0477. The van der Waals surface area contributed by atoms with E-state index in [0.717, 1.165) is 36.3 Å². The largest absolute Gasteiger partial charge is 0.489 e. The second-order valence-corrected chi connectivity index (χ2v) is 6.06. The lowest BCUT2D eigenvalue weighted by Gasteiger charge is -2.21. The Morgan fingerprint density at radius 3 is 2.88 bits per heavy atom. The number of rotatable bonds is 6. The molecule has 1 atom stereocenters. The number of ether oxygens (including phenoxy) is 1. The van der Waals surface area contributed by atoms with E-state index in [1.807, 2.05) is 36.4 Å². The van der Waals surface area contributed by atoms with Gasteiger partial charge in [-0.3, -0.25) is 9.78 Å². The lowest BCUT2D eigenvalue weighted by molar-refractivity contribution is -0.127. The lowest BCUT2D eigenvalue weighted by atomic mass is 10.2. The molecule has 2 aromatic rings. The van der Waals surface area contributed by atoms with Gasteiger partial charge in [-0.05, 0) is 42.7 Å². The standard InChI is InChI=1S/C20H22N2O3/c23-14-18-4-2-12-22(18)20(24)10-7-16-5-8-19(9-6-16)25-15-17-3-1-11-21-13-17/h1,3,5-11,13,18,23H,2,4,12,14-15H2/b10-7+/t18-/m1/s1. The Kier molecular flexibility index (Phi) is 5.80. The summed E-state index contributed by atoms with van der Waals surface area (Å²) >= 11 is 0. The predicted molar refractivity (Wildman–Crippen MR) is 95.9 cm³/mol. The molecule has 0 aliphatic carbocycles. The van der Waals surface area contributed by atoms with Gasteiger partial charge in [-0.25, -0.2) is 0 Å². The first-order chi connectivity index (χ1) is 12.3. The zero-order valence-corrected chi connectivity index (χ0v) is 14.0. The lowest BCUT2D eigenvalue weighted by Crippen LogP contribution is -2.36. The van der Waals surface area contributed by atoms with Gasteiger partial charge < -0.3 is 14.7 Å². The van der Waals surface area contributed by atoms with E-state index in [9.17, 15) is 9.90 Å². The molecule has 1 aliphatic heterocycles. The van der Waals surface area contributed by atoms with Crippen molar-refractivity contribution in [1.82, 2.24) is 9.88 Å². The quantitative estimate of drug-likeness (QED) is 0.823. The maximum Gasteiger partial charge on any atom is 0.246 e. The van der Waals surface area contributed by atoms with Gasteiger partial charge in [0.2, 0.25) is 5.91 Å². The van der Waals surface area contributed by atoms with Crippen molar-refractivity contribution in [2.45, 2.75) is 25.5 Å². The van der Waals surface area contributed by atoms with Crippen molar-refractivity contribution < 1.29 is 14.6 Å². The molecular formula is C20H22N2O3. The molecule has 0 saturated carbocycles. The average molecular weight is 338 g/mol. The van der Waals surface area contributed by atoms with Crippen LogP contribution in [-0.2, 0) is 11.4 Å². The van der Waals surface area contributed by atoms with Gasteiger partial charge in [0.1, 0.15) is 12.4 Å². The van der Waals surface area contributed by atoms with Crippen molar-refractivity contribution in [1.29, 1.82) is 0 Å². The third-order valence-corrected chi connectivity index (χ3v) is 4.30. The Balaban J connectivity index is 1.54. The summed E-state index contributed by atoms with van der Waals surface area (Å²) in [6.07, 6.45) is 8.70. The van der Waals surface area contributed by atoms with Crippen molar-refractivity contribution in [3.05, 3.63) is 66.0 Å². The molecule has 0 bridgehead atoms. The number of pyridine rings is 1. The molecule has 5 heteroatoms. The highest BCUT2D eigenvalue weighted by Crippen LogP contribution is 2.18. The molecule has 3 rings (SSSR count). The number of aromatic nitrogens is 1. The summed E-state index contributed by atoms with van der Waals surface area (Å²) in [6.45, 7) is 1.22. The third-order valence-electron chi connectivity index (χ3n) is 4.30. The summed E-state index contributed by atoms with van der Waals surface area (Å²) in [5, 5.41) is 9.30. The normalized spacial score (nSPS) is 17.2. The van der Waals surface area contributed by atoms with Gasteiger partial charge in [-0.2, -0.15) is 0 Å². The maximum atomic E-state index is 12.2. The first-order valence-electron chi connectivity index (χ1n) is 8.47. The van der Waals surface area contributed by atoms with Gasteiger partial charge in [0.25, 0.3) is 0 Å². The molecule has 1 aromatic heterocycles. The number of amides is 1. The zero-order chi connectivity index (χ0) is 17.5. The van der Waals surface area contributed by atoms with Gasteiger partial charge in [0, 0.05) is 30.6 Å². The summed E-state index contributed by atoms with van der Waals surface area (Å²) in [4.78, 5) is 18.0. The van der Waals surface area contributed by atoms with Crippen LogP contribution in [0.1, 0.15) is 24.0 Å². The van der Waals surface area contributed by atoms with E-state index in [1.54, 1.807) is 29.4 Å². The Labute approximate surface area is 147 Å². The summed E-state index contributed by atoms with van der Waals surface area (Å²) in [5.41, 5.74) is 1.95. The fourth-order valence-corrected chi connectivity index (χ4v) is 2.90. The van der Waals surface area contributed by atoms with E-state index >= 15 is 0 Å². The fraction of sp³-hybridized carbons (Fsp3) is 0.300. The van der Waals surface area contributed by atoms with E-state index in [1.165, 1.54) is 0 Å². The van der Waals surface area contributed by atoms with Crippen LogP contribution in [0, 0.1) is 0 Å². The van der Waals surface area contributed by atoms with Crippen molar-refractivity contribution in [3.63, 3.8) is 0 Å². The molecule has 25 heavy (non-hydrogen) atoms. The van der Waals surface area contributed by atoms with Crippen molar-refractivity contribution in [2.24, 2.45) is 0 Å². The summed E-state index contributed by atoms with van der Waals surface area (Å²) in [5.74, 6) is 0.723. The van der Waals surface area contributed by atoms with Gasteiger partial charge in [-0.1, -0.05) is 18.2 Å².